The zero-order chi connectivity index (χ0) is 7.56. The summed E-state index contributed by atoms with van der Waals surface area (Å²) in [5.41, 5.74) is 1.12. The maximum absolute atomic E-state index is 10.8. The monoisotopic (exact) mass is 135 g/mol. The van der Waals surface area contributed by atoms with Crippen LogP contribution in [0.5, 0.6) is 5.75 Å². The fourth-order valence-corrected chi connectivity index (χ4v) is 0.874. The standard InChI is InChI=1S/C9H11O/c1-7(2)8-4-3-5-9(10)6-8/h3-7H,1-2H3. The smallest absolute Gasteiger partial charge is 0.178 e. The molecule has 0 spiro atoms. The van der Waals surface area contributed by atoms with Gasteiger partial charge in [0.15, 0.2) is 5.75 Å². The van der Waals surface area contributed by atoms with Gasteiger partial charge in [0, 0.05) is 0 Å². The Kier molecular flexibility index (Phi) is 1.95. The third-order valence-corrected chi connectivity index (χ3v) is 1.52. The SMILES string of the molecule is CC(C)c1cccc([O])c1. The number of hydrogen-bond acceptors (Lipinski definition) is 0. The Morgan fingerprint density at radius 3 is 2.40 bits per heavy atom. The van der Waals surface area contributed by atoms with Gasteiger partial charge in [-0.05, 0) is 23.6 Å². The van der Waals surface area contributed by atoms with Crippen molar-refractivity contribution in [2.75, 3.05) is 0 Å². The molecule has 0 aliphatic rings. The Morgan fingerprint density at radius 2 is 2.00 bits per heavy atom. The first-order valence-corrected chi connectivity index (χ1v) is 3.47. The first-order chi connectivity index (χ1) is 4.70. The van der Waals surface area contributed by atoms with Gasteiger partial charge in [-0.15, -0.1) is 0 Å². The summed E-state index contributed by atoms with van der Waals surface area (Å²) < 4.78 is 0. The minimum Gasteiger partial charge on any atom is -0.290 e. The largest absolute Gasteiger partial charge is 0.290 e. The molecule has 0 bridgehead atoms. The van der Waals surface area contributed by atoms with Crippen molar-refractivity contribution in [3.8, 4) is 5.75 Å². The van der Waals surface area contributed by atoms with E-state index in [-0.39, 0.29) is 5.75 Å². The third kappa shape index (κ3) is 1.50. The van der Waals surface area contributed by atoms with Gasteiger partial charge in [0.2, 0.25) is 0 Å². The molecule has 0 aliphatic heterocycles. The Bertz CT molecular complexity index is 216. The molecule has 10 heavy (non-hydrogen) atoms. The van der Waals surface area contributed by atoms with E-state index in [2.05, 4.69) is 13.8 Å². The summed E-state index contributed by atoms with van der Waals surface area (Å²) in [4.78, 5) is 0. The fourth-order valence-electron chi connectivity index (χ4n) is 0.874. The zero-order valence-electron chi connectivity index (χ0n) is 6.29. The molecule has 1 radical (unpaired) electrons. The number of rotatable bonds is 1. The Labute approximate surface area is 61.3 Å². The molecular weight excluding hydrogens is 124 g/mol. The molecule has 0 N–H and O–H groups in total. The van der Waals surface area contributed by atoms with Crippen molar-refractivity contribution < 1.29 is 5.11 Å². The van der Waals surface area contributed by atoms with Gasteiger partial charge < -0.3 is 0 Å². The Morgan fingerprint density at radius 1 is 1.30 bits per heavy atom. The summed E-state index contributed by atoms with van der Waals surface area (Å²) in [6, 6.07) is 7.04. The lowest BCUT2D eigenvalue weighted by atomic mass is 10.0. The molecule has 0 aromatic heterocycles. The van der Waals surface area contributed by atoms with Crippen molar-refractivity contribution in [3.63, 3.8) is 0 Å². The minimum absolute atomic E-state index is 0.103. The summed E-state index contributed by atoms with van der Waals surface area (Å²) in [7, 11) is 0. The van der Waals surface area contributed by atoms with Crippen molar-refractivity contribution in [3.05, 3.63) is 29.8 Å². The molecule has 1 aromatic carbocycles. The van der Waals surface area contributed by atoms with E-state index < -0.39 is 0 Å². The van der Waals surface area contributed by atoms with E-state index >= 15 is 0 Å². The molecule has 0 saturated carbocycles. The second-order valence-electron chi connectivity index (χ2n) is 2.73. The minimum atomic E-state index is 0.103. The van der Waals surface area contributed by atoms with E-state index in [4.69, 9.17) is 0 Å². The van der Waals surface area contributed by atoms with Crippen LogP contribution in [0, 0.1) is 0 Å². The lowest BCUT2D eigenvalue weighted by Crippen LogP contribution is -1.84. The average molecular weight is 135 g/mol. The maximum Gasteiger partial charge on any atom is 0.178 e. The lowest BCUT2D eigenvalue weighted by Gasteiger charge is -2.02. The van der Waals surface area contributed by atoms with Crippen LogP contribution in [0.1, 0.15) is 25.3 Å². The molecule has 0 fully saturated rings. The van der Waals surface area contributed by atoms with E-state index in [1.807, 2.05) is 6.07 Å². The summed E-state index contributed by atoms with van der Waals surface area (Å²) in [5.74, 6) is 0.556. The van der Waals surface area contributed by atoms with E-state index in [0.717, 1.165) is 5.56 Å². The van der Waals surface area contributed by atoms with Crippen LogP contribution < -0.4 is 0 Å². The number of benzene rings is 1. The van der Waals surface area contributed by atoms with Crippen LogP contribution in [0.25, 0.3) is 0 Å². The van der Waals surface area contributed by atoms with Gasteiger partial charge in [0.1, 0.15) is 0 Å². The predicted octanol–water partition coefficient (Wildman–Crippen LogP) is 2.95. The topological polar surface area (TPSA) is 19.9 Å². The fraction of sp³-hybridized carbons (Fsp3) is 0.333. The van der Waals surface area contributed by atoms with E-state index in [0.29, 0.717) is 5.92 Å². The van der Waals surface area contributed by atoms with Gasteiger partial charge in [-0.25, -0.2) is 0 Å². The predicted molar refractivity (Wildman–Crippen MR) is 40.7 cm³/mol. The number of hydrogen-bond donors (Lipinski definition) is 0. The molecular formula is C9H11O. The molecule has 0 atom stereocenters. The molecule has 0 amide bonds. The van der Waals surface area contributed by atoms with E-state index in [9.17, 15) is 5.11 Å². The van der Waals surface area contributed by atoms with Crippen LogP contribution in [-0.4, -0.2) is 0 Å². The molecule has 0 saturated heterocycles. The quantitative estimate of drug-likeness (QED) is 0.564. The van der Waals surface area contributed by atoms with Crippen molar-refractivity contribution in [2.24, 2.45) is 0 Å². The van der Waals surface area contributed by atoms with Gasteiger partial charge in [0.05, 0.1) is 0 Å². The zero-order valence-corrected chi connectivity index (χ0v) is 6.29. The van der Waals surface area contributed by atoms with Gasteiger partial charge in [-0.1, -0.05) is 26.0 Å². The third-order valence-electron chi connectivity index (χ3n) is 1.52. The summed E-state index contributed by atoms with van der Waals surface area (Å²) >= 11 is 0. The Hall–Kier alpha value is -0.980. The molecule has 1 nitrogen and oxygen atoms in total. The van der Waals surface area contributed by atoms with Gasteiger partial charge in [0.25, 0.3) is 0 Å². The van der Waals surface area contributed by atoms with Crippen LogP contribution in [-0.2, 0) is 5.11 Å². The van der Waals surface area contributed by atoms with Crippen molar-refractivity contribution >= 4 is 0 Å². The van der Waals surface area contributed by atoms with Gasteiger partial charge >= 0.3 is 0 Å². The van der Waals surface area contributed by atoms with Crippen LogP contribution in [0.15, 0.2) is 24.3 Å². The van der Waals surface area contributed by atoms with Crippen molar-refractivity contribution in [1.29, 1.82) is 0 Å². The highest BCUT2D eigenvalue weighted by Gasteiger charge is 1.98. The summed E-state index contributed by atoms with van der Waals surface area (Å²) in [6.07, 6.45) is 0. The summed E-state index contributed by atoms with van der Waals surface area (Å²) in [5, 5.41) is 10.8. The van der Waals surface area contributed by atoms with Crippen LogP contribution in [0.4, 0.5) is 0 Å². The molecule has 0 aliphatic carbocycles. The van der Waals surface area contributed by atoms with Gasteiger partial charge in [-0.2, -0.15) is 0 Å². The highest BCUT2D eigenvalue weighted by Crippen LogP contribution is 2.18. The van der Waals surface area contributed by atoms with E-state index in [1.54, 1.807) is 18.2 Å². The second-order valence-corrected chi connectivity index (χ2v) is 2.73. The molecule has 0 heterocycles. The van der Waals surface area contributed by atoms with E-state index in [1.165, 1.54) is 0 Å². The maximum atomic E-state index is 10.8. The molecule has 1 rings (SSSR count). The molecule has 53 valence electrons. The summed E-state index contributed by atoms with van der Waals surface area (Å²) in [6.45, 7) is 4.16. The van der Waals surface area contributed by atoms with Crippen LogP contribution in [0.3, 0.4) is 0 Å². The molecule has 0 unspecified atom stereocenters. The highest BCUT2D eigenvalue weighted by atomic mass is 16.3. The van der Waals surface area contributed by atoms with Crippen molar-refractivity contribution in [1.82, 2.24) is 0 Å². The highest BCUT2D eigenvalue weighted by molar-refractivity contribution is 5.28. The lowest BCUT2D eigenvalue weighted by molar-refractivity contribution is 0.354. The second kappa shape index (κ2) is 2.74. The van der Waals surface area contributed by atoms with Gasteiger partial charge in [-0.3, -0.25) is 5.11 Å². The van der Waals surface area contributed by atoms with Crippen LogP contribution >= 0.6 is 0 Å². The normalized spacial score (nSPS) is 10.3. The first-order valence-electron chi connectivity index (χ1n) is 3.47. The first kappa shape index (κ1) is 7.13. The average Bonchev–Trinajstić information content (AvgIpc) is 1.88. The molecule has 1 aromatic rings. The molecule has 1 heteroatoms. The van der Waals surface area contributed by atoms with Crippen molar-refractivity contribution in [2.45, 2.75) is 19.8 Å². The van der Waals surface area contributed by atoms with Crippen LogP contribution in [0.2, 0.25) is 0 Å². The Balaban J connectivity index is 2.96.